The lowest BCUT2D eigenvalue weighted by Crippen LogP contribution is -2.26. The van der Waals surface area contributed by atoms with Crippen molar-refractivity contribution >= 4 is 17.2 Å². The number of aromatic nitrogens is 1. The molecule has 0 spiro atoms. The Morgan fingerprint density at radius 3 is 2.61 bits per heavy atom. The molecule has 1 heterocycles. The van der Waals surface area contributed by atoms with E-state index in [0.717, 1.165) is 29.8 Å². The molecule has 0 bridgehead atoms. The van der Waals surface area contributed by atoms with Crippen LogP contribution in [-0.4, -0.2) is 43.1 Å². The molecule has 0 aliphatic heterocycles. The number of halogens is 1. The second-order valence-corrected chi connectivity index (χ2v) is 9.63. The van der Waals surface area contributed by atoms with Gasteiger partial charge in [-0.3, -0.25) is 9.69 Å². The SMILES string of the molecule is CCCCCCNC(=O)c1csc(CN(CCc2ccc(OC)c(OC)c2)Cc2ccccc2F)n1. The summed E-state index contributed by atoms with van der Waals surface area (Å²) in [6, 6.07) is 12.7. The van der Waals surface area contributed by atoms with Gasteiger partial charge in [-0.25, -0.2) is 9.37 Å². The zero-order valence-electron chi connectivity index (χ0n) is 21.4. The van der Waals surface area contributed by atoms with Crippen LogP contribution in [0.25, 0.3) is 0 Å². The molecule has 0 radical (unpaired) electrons. The normalized spacial score (nSPS) is 11.0. The Bertz CT molecular complexity index is 1110. The largest absolute Gasteiger partial charge is 0.493 e. The number of carbonyl (C=O) groups excluding carboxylic acids is 1. The number of unbranched alkanes of at least 4 members (excludes halogenated alkanes) is 3. The zero-order chi connectivity index (χ0) is 25.8. The van der Waals surface area contributed by atoms with Crippen LogP contribution in [0.5, 0.6) is 11.5 Å². The number of methoxy groups -OCH3 is 2. The first-order valence-corrected chi connectivity index (χ1v) is 13.3. The van der Waals surface area contributed by atoms with Crippen LogP contribution in [-0.2, 0) is 19.5 Å². The van der Waals surface area contributed by atoms with Crippen LogP contribution < -0.4 is 14.8 Å². The molecule has 0 saturated heterocycles. The van der Waals surface area contributed by atoms with E-state index >= 15 is 0 Å². The van der Waals surface area contributed by atoms with E-state index in [1.54, 1.807) is 31.7 Å². The molecule has 3 aromatic rings. The minimum atomic E-state index is -0.226. The van der Waals surface area contributed by atoms with Gasteiger partial charge in [-0.2, -0.15) is 0 Å². The highest BCUT2D eigenvalue weighted by atomic mass is 32.1. The number of hydrogen-bond donors (Lipinski definition) is 1. The van der Waals surface area contributed by atoms with E-state index in [1.807, 2.05) is 24.3 Å². The molecule has 8 heteroatoms. The minimum Gasteiger partial charge on any atom is -0.493 e. The number of carbonyl (C=O) groups is 1. The van der Waals surface area contributed by atoms with Gasteiger partial charge in [0, 0.05) is 30.6 Å². The van der Waals surface area contributed by atoms with Crippen LogP contribution in [0, 0.1) is 5.82 Å². The lowest BCUT2D eigenvalue weighted by molar-refractivity contribution is 0.0948. The van der Waals surface area contributed by atoms with Gasteiger partial charge in [-0.1, -0.05) is 50.5 Å². The molecule has 1 N–H and O–H groups in total. The molecule has 0 unspecified atom stereocenters. The maximum Gasteiger partial charge on any atom is 0.270 e. The number of benzene rings is 2. The monoisotopic (exact) mass is 513 g/mol. The van der Waals surface area contributed by atoms with Crippen molar-refractivity contribution in [3.8, 4) is 11.5 Å². The predicted octanol–water partition coefficient (Wildman–Crippen LogP) is 5.85. The third-order valence-electron chi connectivity index (χ3n) is 5.98. The summed E-state index contributed by atoms with van der Waals surface area (Å²) in [5.74, 6) is 1.00. The molecule has 36 heavy (non-hydrogen) atoms. The maximum absolute atomic E-state index is 14.4. The Labute approximate surface area is 217 Å². The summed E-state index contributed by atoms with van der Waals surface area (Å²) < 4.78 is 25.2. The van der Waals surface area contributed by atoms with Crippen LogP contribution >= 0.6 is 11.3 Å². The summed E-state index contributed by atoms with van der Waals surface area (Å²) in [5.41, 5.74) is 2.16. The molecule has 0 aliphatic carbocycles. The number of ether oxygens (including phenoxy) is 2. The lowest BCUT2D eigenvalue weighted by atomic mass is 10.1. The first-order valence-electron chi connectivity index (χ1n) is 12.4. The van der Waals surface area contributed by atoms with Crippen LogP contribution in [0.4, 0.5) is 4.39 Å². The summed E-state index contributed by atoms with van der Waals surface area (Å²) in [6.45, 7) is 4.48. The molecule has 0 fully saturated rings. The number of nitrogens with zero attached hydrogens (tertiary/aromatic N) is 2. The van der Waals surface area contributed by atoms with E-state index < -0.39 is 0 Å². The summed E-state index contributed by atoms with van der Waals surface area (Å²) in [5, 5.41) is 5.58. The molecule has 0 saturated carbocycles. The van der Waals surface area contributed by atoms with Gasteiger partial charge in [0.15, 0.2) is 11.5 Å². The first kappa shape index (κ1) is 27.6. The number of hydrogen-bond acceptors (Lipinski definition) is 6. The Morgan fingerprint density at radius 2 is 1.86 bits per heavy atom. The Balaban J connectivity index is 1.66. The Hall–Kier alpha value is -2.97. The summed E-state index contributed by atoms with van der Waals surface area (Å²) in [6.07, 6.45) is 5.18. The van der Waals surface area contributed by atoms with Crippen molar-refractivity contribution in [2.45, 2.75) is 52.1 Å². The van der Waals surface area contributed by atoms with E-state index in [4.69, 9.17) is 9.47 Å². The minimum absolute atomic E-state index is 0.139. The topological polar surface area (TPSA) is 63.7 Å². The summed E-state index contributed by atoms with van der Waals surface area (Å²) in [7, 11) is 3.23. The molecule has 3 rings (SSSR count). The number of thiazole rings is 1. The molecule has 0 atom stereocenters. The fraction of sp³-hybridized carbons (Fsp3) is 0.429. The van der Waals surface area contributed by atoms with E-state index in [2.05, 4.69) is 22.1 Å². The third kappa shape index (κ3) is 8.31. The van der Waals surface area contributed by atoms with E-state index in [1.165, 1.54) is 30.2 Å². The maximum atomic E-state index is 14.4. The van der Waals surface area contributed by atoms with Crippen molar-refractivity contribution in [2.24, 2.45) is 0 Å². The molecular formula is C28H36FN3O3S. The second kappa shape index (κ2) is 14.6. The highest BCUT2D eigenvalue weighted by Crippen LogP contribution is 2.28. The van der Waals surface area contributed by atoms with E-state index in [9.17, 15) is 9.18 Å². The number of amides is 1. The Kier molecular flexibility index (Phi) is 11.2. The van der Waals surface area contributed by atoms with Gasteiger partial charge in [-0.05, 0) is 36.6 Å². The fourth-order valence-electron chi connectivity index (χ4n) is 3.93. The molecule has 194 valence electrons. The summed E-state index contributed by atoms with van der Waals surface area (Å²) in [4.78, 5) is 19.2. The first-order chi connectivity index (χ1) is 17.5. The third-order valence-corrected chi connectivity index (χ3v) is 6.81. The standard InChI is InChI=1S/C28H36FN3O3S/c1-4-5-6-9-15-30-28(33)24-20-36-27(31-24)19-32(18-22-10-7-8-11-23(22)29)16-14-21-12-13-25(34-2)26(17-21)35-3/h7-8,10-13,17,20H,4-6,9,14-16,18-19H2,1-3H3,(H,30,33). The second-order valence-electron chi connectivity index (χ2n) is 8.68. The van der Waals surface area contributed by atoms with Gasteiger partial charge >= 0.3 is 0 Å². The van der Waals surface area contributed by atoms with Crippen LogP contribution in [0.2, 0.25) is 0 Å². The zero-order valence-corrected chi connectivity index (χ0v) is 22.2. The van der Waals surface area contributed by atoms with E-state index in [-0.39, 0.29) is 11.7 Å². The van der Waals surface area contributed by atoms with Crippen molar-refractivity contribution < 1.29 is 18.7 Å². The smallest absolute Gasteiger partial charge is 0.270 e. The van der Waals surface area contributed by atoms with Crippen molar-refractivity contribution in [1.82, 2.24) is 15.2 Å². The van der Waals surface area contributed by atoms with Crippen molar-refractivity contribution in [3.05, 3.63) is 75.5 Å². The Morgan fingerprint density at radius 1 is 1.06 bits per heavy atom. The molecule has 2 aromatic carbocycles. The molecular weight excluding hydrogens is 477 g/mol. The van der Waals surface area contributed by atoms with E-state index in [0.29, 0.717) is 48.9 Å². The van der Waals surface area contributed by atoms with Gasteiger partial charge in [0.1, 0.15) is 16.5 Å². The van der Waals surface area contributed by atoms with Crippen LogP contribution in [0.15, 0.2) is 47.8 Å². The van der Waals surface area contributed by atoms with Gasteiger partial charge in [-0.15, -0.1) is 11.3 Å². The quantitative estimate of drug-likeness (QED) is 0.258. The molecule has 1 amide bonds. The lowest BCUT2D eigenvalue weighted by Gasteiger charge is -2.22. The highest BCUT2D eigenvalue weighted by molar-refractivity contribution is 7.09. The average Bonchev–Trinajstić information content (AvgIpc) is 3.36. The van der Waals surface area contributed by atoms with Gasteiger partial charge in [0.05, 0.1) is 20.8 Å². The van der Waals surface area contributed by atoms with Gasteiger partial charge in [0.2, 0.25) is 0 Å². The molecule has 0 aliphatic rings. The highest BCUT2D eigenvalue weighted by Gasteiger charge is 2.16. The van der Waals surface area contributed by atoms with Crippen molar-refractivity contribution in [3.63, 3.8) is 0 Å². The average molecular weight is 514 g/mol. The van der Waals surface area contributed by atoms with Crippen molar-refractivity contribution in [2.75, 3.05) is 27.3 Å². The molecule has 6 nitrogen and oxygen atoms in total. The predicted molar refractivity (Wildman–Crippen MR) is 142 cm³/mol. The summed E-state index contributed by atoms with van der Waals surface area (Å²) >= 11 is 1.46. The van der Waals surface area contributed by atoms with Gasteiger partial charge < -0.3 is 14.8 Å². The number of rotatable bonds is 15. The molecule has 1 aromatic heterocycles. The van der Waals surface area contributed by atoms with Gasteiger partial charge in [0.25, 0.3) is 5.91 Å². The number of nitrogens with one attached hydrogen (secondary N) is 1. The fourth-order valence-corrected chi connectivity index (χ4v) is 4.74. The van der Waals surface area contributed by atoms with Crippen molar-refractivity contribution in [1.29, 1.82) is 0 Å². The van der Waals surface area contributed by atoms with Crippen LogP contribution in [0.1, 0.15) is 59.2 Å². The van der Waals surface area contributed by atoms with Crippen LogP contribution in [0.3, 0.4) is 0 Å².